The van der Waals surface area contributed by atoms with Crippen molar-refractivity contribution in [3.63, 3.8) is 0 Å². The molecule has 0 radical (unpaired) electrons. The Morgan fingerprint density at radius 2 is 1.94 bits per heavy atom. The highest BCUT2D eigenvalue weighted by atomic mass is 35.5. The summed E-state index contributed by atoms with van der Waals surface area (Å²) in [7, 11) is -1.89. The van der Waals surface area contributed by atoms with E-state index in [1.165, 1.54) is 7.11 Å². The van der Waals surface area contributed by atoms with Crippen molar-refractivity contribution in [1.82, 2.24) is 10.2 Å². The molecule has 6 nitrogen and oxygen atoms in total. The minimum atomic E-state index is -3.33. The van der Waals surface area contributed by atoms with Crippen molar-refractivity contribution in [2.24, 2.45) is 0 Å². The molecule has 0 saturated carbocycles. The number of piperazine rings is 1. The van der Waals surface area contributed by atoms with Gasteiger partial charge in [0.1, 0.15) is 5.75 Å². The van der Waals surface area contributed by atoms with E-state index < -0.39 is 15.6 Å². The summed E-state index contributed by atoms with van der Waals surface area (Å²) in [5.41, 5.74) is 0. The molecular weight excluding hydrogens is 268 g/mol. The molecule has 1 rings (SSSR count). The molecule has 1 heterocycles. The summed E-state index contributed by atoms with van der Waals surface area (Å²) in [6.07, 6.45) is 0. The third-order valence-corrected chi connectivity index (χ3v) is 3.89. The first kappa shape index (κ1) is 16.6. The highest BCUT2D eigenvalue weighted by Gasteiger charge is 2.22. The van der Waals surface area contributed by atoms with E-state index in [0.717, 1.165) is 13.1 Å². The Morgan fingerprint density at radius 1 is 1.35 bits per heavy atom. The van der Waals surface area contributed by atoms with Crippen molar-refractivity contribution < 1.29 is 17.9 Å². The van der Waals surface area contributed by atoms with Gasteiger partial charge in [0.2, 0.25) is 5.91 Å². The minimum Gasteiger partial charge on any atom is -0.384 e. The number of halogens is 1. The van der Waals surface area contributed by atoms with Gasteiger partial charge in [-0.15, -0.1) is 12.4 Å². The molecule has 1 fully saturated rings. The summed E-state index contributed by atoms with van der Waals surface area (Å²) in [5.74, 6) is -0.810. The van der Waals surface area contributed by atoms with Gasteiger partial charge in [0.05, 0.1) is 12.4 Å². The number of methoxy groups -OCH3 is 1. The minimum absolute atomic E-state index is 0. The topological polar surface area (TPSA) is 75.7 Å². The van der Waals surface area contributed by atoms with Crippen LogP contribution in [0, 0.1) is 0 Å². The number of rotatable bonds is 5. The lowest BCUT2D eigenvalue weighted by Crippen LogP contribution is -2.48. The molecule has 0 aliphatic carbocycles. The number of sulfone groups is 1. The number of carbonyl (C=O) groups is 1. The van der Waals surface area contributed by atoms with Gasteiger partial charge < -0.3 is 15.0 Å². The van der Waals surface area contributed by atoms with Crippen molar-refractivity contribution in [2.75, 3.05) is 51.4 Å². The third-order valence-electron chi connectivity index (χ3n) is 2.41. The Labute approximate surface area is 108 Å². The molecule has 1 aliphatic rings. The smallest absolute Gasteiger partial charge is 0.237 e. The van der Waals surface area contributed by atoms with Crippen LogP contribution in [0.5, 0.6) is 0 Å². The van der Waals surface area contributed by atoms with Crippen LogP contribution in [0.2, 0.25) is 0 Å². The van der Waals surface area contributed by atoms with Crippen LogP contribution >= 0.6 is 12.4 Å². The Hall–Kier alpha value is -0.370. The van der Waals surface area contributed by atoms with Gasteiger partial charge in [-0.05, 0) is 0 Å². The van der Waals surface area contributed by atoms with E-state index in [0.29, 0.717) is 13.1 Å². The summed E-state index contributed by atoms with van der Waals surface area (Å²) in [6, 6.07) is 0. The van der Waals surface area contributed by atoms with Crippen LogP contribution in [0.15, 0.2) is 0 Å². The number of nitrogens with one attached hydrogen (secondary N) is 1. The number of nitrogens with zero attached hydrogens (tertiary/aromatic N) is 1. The number of ether oxygens (including phenoxy) is 1. The van der Waals surface area contributed by atoms with Crippen LogP contribution in [-0.4, -0.2) is 70.6 Å². The summed E-state index contributed by atoms with van der Waals surface area (Å²) in [4.78, 5) is 13.2. The molecule has 8 heteroatoms. The normalized spacial score (nSPS) is 16.4. The van der Waals surface area contributed by atoms with Crippen LogP contribution in [0.25, 0.3) is 0 Å². The fourth-order valence-corrected chi connectivity index (χ4v) is 2.60. The van der Waals surface area contributed by atoms with Crippen molar-refractivity contribution in [2.45, 2.75) is 0 Å². The fraction of sp³-hybridized carbons (Fsp3) is 0.889. The van der Waals surface area contributed by atoms with Crippen LogP contribution in [0.4, 0.5) is 0 Å². The number of amides is 1. The Balaban J connectivity index is 0.00000256. The average Bonchev–Trinajstić information content (AvgIpc) is 2.27. The van der Waals surface area contributed by atoms with Gasteiger partial charge in [0, 0.05) is 33.3 Å². The van der Waals surface area contributed by atoms with E-state index in [1.54, 1.807) is 4.90 Å². The molecule has 1 N–H and O–H groups in total. The van der Waals surface area contributed by atoms with Crippen molar-refractivity contribution in [1.29, 1.82) is 0 Å². The average molecular weight is 287 g/mol. The molecule has 0 bridgehead atoms. The first-order valence-electron chi connectivity index (χ1n) is 5.23. The molecule has 102 valence electrons. The van der Waals surface area contributed by atoms with Gasteiger partial charge in [0.25, 0.3) is 0 Å². The van der Waals surface area contributed by atoms with Crippen LogP contribution in [0.1, 0.15) is 0 Å². The quantitative estimate of drug-likeness (QED) is 0.694. The number of hydrogen-bond acceptors (Lipinski definition) is 5. The maximum Gasteiger partial charge on any atom is 0.237 e. The Morgan fingerprint density at radius 3 is 2.47 bits per heavy atom. The van der Waals surface area contributed by atoms with Gasteiger partial charge >= 0.3 is 0 Å². The molecule has 1 amide bonds. The lowest BCUT2D eigenvalue weighted by atomic mass is 10.3. The van der Waals surface area contributed by atoms with Crippen molar-refractivity contribution in [3.05, 3.63) is 0 Å². The molecule has 1 saturated heterocycles. The maximum absolute atomic E-state index is 11.7. The molecule has 0 unspecified atom stereocenters. The highest BCUT2D eigenvalue weighted by Crippen LogP contribution is 1.98. The molecule has 0 aromatic heterocycles. The summed E-state index contributed by atoms with van der Waals surface area (Å²) in [5, 5.41) is 3.10. The van der Waals surface area contributed by atoms with E-state index >= 15 is 0 Å². The standard InChI is InChI=1S/C9H18N2O4S.ClH/c1-15-6-7-16(13,14)8-9(12)11-4-2-10-3-5-11;/h10H,2-8H2,1H3;1H. The van der Waals surface area contributed by atoms with Crippen molar-refractivity contribution in [3.8, 4) is 0 Å². The van der Waals surface area contributed by atoms with Crippen molar-refractivity contribution >= 4 is 28.2 Å². The first-order chi connectivity index (χ1) is 7.55. The van der Waals surface area contributed by atoms with Gasteiger partial charge in [-0.1, -0.05) is 0 Å². The van der Waals surface area contributed by atoms with E-state index in [4.69, 9.17) is 4.74 Å². The fourth-order valence-electron chi connectivity index (χ4n) is 1.48. The lowest BCUT2D eigenvalue weighted by Gasteiger charge is -2.27. The van der Waals surface area contributed by atoms with Gasteiger partial charge in [-0.3, -0.25) is 4.79 Å². The van der Waals surface area contributed by atoms with E-state index in [1.807, 2.05) is 0 Å². The lowest BCUT2D eigenvalue weighted by molar-refractivity contribution is -0.128. The molecule has 0 aromatic rings. The molecule has 0 atom stereocenters. The molecule has 0 aromatic carbocycles. The van der Waals surface area contributed by atoms with Gasteiger partial charge in [-0.2, -0.15) is 0 Å². The predicted molar refractivity (Wildman–Crippen MR) is 67.2 cm³/mol. The second kappa shape index (κ2) is 7.86. The second-order valence-corrected chi connectivity index (χ2v) is 5.90. The highest BCUT2D eigenvalue weighted by molar-refractivity contribution is 7.92. The van der Waals surface area contributed by atoms with E-state index in [2.05, 4.69) is 5.32 Å². The van der Waals surface area contributed by atoms with Crippen LogP contribution in [-0.2, 0) is 19.4 Å². The number of carbonyl (C=O) groups excluding carboxylic acids is 1. The Bertz CT molecular complexity index is 328. The largest absolute Gasteiger partial charge is 0.384 e. The zero-order valence-corrected chi connectivity index (χ0v) is 11.5. The van der Waals surface area contributed by atoms with E-state index in [9.17, 15) is 13.2 Å². The first-order valence-corrected chi connectivity index (χ1v) is 7.05. The zero-order chi connectivity index (χ0) is 12.0. The van der Waals surface area contributed by atoms with Crippen LogP contribution in [0.3, 0.4) is 0 Å². The maximum atomic E-state index is 11.7. The SMILES string of the molecule is COCCS(=O)(=O)CC(=O)N1CCNCC1.Cl. The summed E-state index contributed by atoms with van der Waals surface area (Å²) < 4.78 is 27.7. The summed E-state index contributed by atoms with van der Waals surface area (Å²) >= 11 is 0. The third kappa shape index (κ3) is 6.21. The molecule has 0 spiro atoms. The second-order valence-electron chi connectivity index (χ2n) is 3.72. The monoisotopic (exact) mass is 286 g/mol. The van der Waals surface area contributed by atoms with Gasteiger partial charge in [0.15, 0.2) is 9.84 Å². The molecule has 1 aliphatic heterocycles. The van der Waals surface area contributed by atoms with E-state index in [-0.39, 0.29) is 30.7 Å². The summed E-state index contributed by atoms with van der Waals surface area (Å²) in [6.45, 7) is 2.75. The van der Waals surface area contributed by atoms with Crippen LogP contribution < -0.4 is 5.32 Å². The molecular formula is C9H19ClN2O4S. The Kier molecular flexibility index (Phi) is 7.69. The molecule has 17 heavy (non-hydrogen) atoms. The van der Waals surface area contributed by atoms with Gasteiger partial charge in [-0.25, -0.2) is 8.42 Å². The predicted octanol–water partition coefficient (Wildman–Crippen LogP) is -1.10. The zero-order valence-electron chi connectivity index (χ0n) is 9.85. The number of hydrogen-bond donors (Lipinski definition) is 1.